The number of nitrogens with zero attached hydrogens (tertiary/aromatic N) is 1. The van der Waals surface area contributed by atoms with Gasteiger partial charge in [-0.2, -0.15) is 0 Å². The molecule has 0 saturated heterocycles. The molecule has 3 aromatic rings. The number of hydrogen-bond acceptors (Lipinski definition) is 7. The van der Waals surface area contributed by atoms with Crippen LogP contribution in [0.25, 0.3) is 6.08 Å². The number of ether oxygens (including phenoxy) is 5. The van der Waals surface area contributed by atoms with E-state index in [9.17, 15) is 4.79 Å². The molecule has 0 unspecified atom stereocenters. The second-order valence-corrected chi connectivity index (χ2v) is 7.12. The molecule has 1 aliphatic rings. The van der Waals surface area contributed by atoms with Crippen LogP contribution in [0.1, 0.15) is 16.7 Å². The lowest BCUT2D eigenvalue weighted by Crippen LogP contribution is -2.06. The summed E-state index contributed by atoms with van der Waals surface area (Å²) in [6, 6.07) is 20.4. The molecule has 0 atom stereocenters. The Bertz CT molecular complexity index is 1190. The number of carbonyl (C=O) groups excluding carboxylic acids is 1. The van der Waals surface area contributed by atoms with Crippen molar-refractivity contribution in [2.24, 2.45) is 4.99 Å². The van der Waals surface area contributed by atoms with Gasteiger partial charge in [0.25, 0.3) is 0 Å². The van der Waals surface area contributed by atoms with E-state index < -0.39 is 5.97 Å². The van der Waals surface area contributed by atoms with Crippen molar-refractivity contribution in [2.75, 3.05) is 21.3 Å². The molecule has 7 nitrogen and oxygen atoms in total. The zero-order valence-electron chi connectivity index (χ0n) is 18.5. The summed E-state index contributed by atoms with van der Waals surface area (Å²) in [5.74, 6) is 1.91. The minimum absolute atomic E-state index is 0.172. The quantitative estimate of drug-likeness (QED) is 0.372. The lowest BCUT2D eigenvalue weighted by Gasteiger charge is -2.11. The van der Waals surface area contributed by atoms with E-state index in [0.717, 1.165) is 11.1 Å². The average Bonchev–Trinajstić information content (AvgIpc) is 3.23. The van der Waals surface area contributed by atoms with Gasteiger partial charge in [-0.3, -0.25) is 0 Å². The summed E-state index contributed by atoms with van der Waals surface area (Å²) in [6.07, 6.45) is 1.64. The Hall–Kier alpha value is -4.26. The lowest BCUT2D eigenvalue weighted by molar-refractivity contribution is -0.129. The van der Waals surface area contributed by atoms with Crippen molar-refractivity contribution in [3.05, 3.63) is 89.1 Å². The topological polar surface area (TPSA) is 75.6 Å². The summed E-state index contributed by atoms with van der Waals surface area (Å²) in [4.78, 5) is 16.8. The summed E-state index contributed by atoms with van der Waals surface area (Å²) >= 11 is 0. The summed E-state index contributed by atoms with van der Waals surface area (Å²) in [7, 11) is 4.68. The van der Waals surface area contributed by atoms with E-state index >= 15 is 0 Å². The van der Waals surface area contributed by atoms with Crippen molar-refractivity contribution < 1.29 is 28.5 Å². The zero-order valence-corrected chi connectivity index (χ0v) is 18.5. The highest BCUT2D eigenvalue weighted by Crippen LogP contribution is 2.31. The number of benzene rings is 3. The zero-order chi connectivity index (χ0) is 23.2. The van der Waals surface area contributed by atoms with Crippen LogP contribution >= 0.6 is 0 Å². The molecule has 0 bridgehead atoms. The van der Waals surface area contributed by atoms with Crippen LogP contribution < -0.4 is 18.9 Å². The predicted octanol–water partition coefficient (Wildman–Crippen LogP) is 4.64. The monoisotopic (exact) mass is 445 g/mol. The fourth-order valence-corrected chi connectivity index (χ4v) is 3.25. The maximum atomic E-state index is 12.5. The smallest absolute Gasteiger partial charge is 0.363 e. The van der Waals surface area contributed by atoms with Gasteiger partial charge in [-0.05, 0) is 41.5 Å². The lowest BCUT2D eigenvalue weighted by atomic mass is 10.1. The minimum atomic E-state index is -0.547. The molecule has 4 rings (SSSR count). The molecule has 1 heterocycles. The molecule has 168 valence electrons. The number of cyclic esters (lactones) is 1. The largest absolute Gasteiger partial charge is 0.497 e. The summed E-state index contributed by atoms with van der Waals surface area (Å²) < 4.78 is 27.3. The highest BCUT2D eigenvalue weighted by atomic mass is 16.6. The van der Waals surface area contributed by atoms with Crippen LogP contribution in [0.2, 0.25) is 0 Å². The molecule has 0 radical (unpaired) electrons. The standard InChI is InChI=1S/C26H23NO6/c1-29-20-13-19(14-21(15-20)30-2)25-27-22(26(28)33-25)11-18-9-10-23(31-3)24(12-18)32-16-17-7-5-4-6-8-17/h4-15H,16H2,1-3H3. The van der Waals surface area contributed by atoms with Crippen LogP contribution in [0, 0.1) is 0 Å². The molecule has 0 saturated carbocycles. The maximum absolute atomic E-state index is 12.5. The first-order valence-electron chi connectivity index (χ1n) is 10.2. The molecule has 7 heteroatoms. The van der Waals surface area contributed by atoms with Crippen molar-refractivity contribution in [1.29, 1.82) is 0 Å². The molecule has 0 aliphatic carbocycles. The average molecular weight is 445 g/mol. The molecule has 0 spiro atoms. The summed E-state index contributed by atoms with van der Waals surface area (Å²) in [5.41, 5.74) is 2.50. The fraction of sp³-hybridized carbons (Fsp3) is 0.154. The first-order chi connectivity index (χ1) is 16.1. The van der Waals surface area contributed by atoms with Crippen LogP contribution in [0.3, 0.4) is 0 Å². The van der Waals surface area contributed by atoms with E-state index in [1.807, 2.05) is 36.4 Å². The maximum Gasteiger partial charge on any atom is 0.363 e. The molecular weight excluding hydrogens is 422 g/mol. The van der Waals surface area contributed by atoms with Gasteiger partial charge < -0.3 is 23.7 Å². The Morgan fingerprint density at radius 3 is 2.24 bits per heavy atom. The van der Waals surface area contributed by atoms with Crippen LogP contribution in [0.4, 0.5) is 0 Å². The predicted molar refractivity (Wildman–Crippen MR) is 124 cm³/mol. The number of methoxy groups -OCH3 is 3. The van der Waals surface area contributed by atoms with Gasteiger partial charge in [0.15, 0.2) is 17.2 Å². The third-order valence-corrected chi connectivity index (χ3v) is 4.95. The first-order valence-corrected chi connectivity index (χ1v) is 10.2. The van der Waals surface area contributed by atoms with Crippen LogP contribution in [-0.2, 0) is 16.1 Å². The minimum Gasteiger partial charge on any atom is -0.497 e. The number of aliphatic imine (C=N–C) groups is 1. The summed E-state index contributed by atoms with van der Waals surface area (Å²) in [6.45, 7) is 0.388. The molecule has 33 heavy (non-hydrogen) atoms. The number of carbonyl (C=O) groups is 1. The van der Waals surface area contributed by atoms with Gasteiger partial charge in [0.2, 0.25) is 5.90 Å². The van der Waals surface area contributed by atoms with Gasteiger partial charge in [0.1, 0.15) is 18.1 Å². The Balaban J connectivity index is 1.60. The van der Waals surface area contributed by atoms with E-state index in [2.05, 4.69) is 4.99 Å². The van der Waals surface area contributed by atoms with E-state index in [0.29, 0.717) is 35.2 Å². The van der Waals surface area contributed by atoms with Gasteiger partial charge in [0.05, 0.1) is 21.3 Å². The van der Waals surface area contributed by atoms with Crippen LogP contribution in [0.5, 0.6) is 23.0 Å². The van der Waals surface area contributed by atoms with Crippen molar-refractivity contribution in [3.63, 3.8) is 0 Å². The molecule has 0 fully saturated rings. The number of rotatable bonds is 8. The van der Waals surface area contributed by atoms with E-state index in [4.69, 9.17) is 23.7 Å². The van der Waals surface area contributed by atoms with Gasteiger partial charge in [0, 0.05) is 11.6 Å². The van der Waals surface area contributed by atoms with E-state index in [1.54, 1.807) is 57.7 Å². The molecule has 0 amide bonds. The second kappa shape index (κ2) is 9.91. The molecule has 0 N–H and O–H groups in total. The van der Waals surface area contributed by atoms with Crippen LogP contribution in [0.15, 0.2) is 77.4 Å². The normalized spacial score (nSPS) is 14.0. The molecule has 0 aromatic heterocycles. The van der Waals surface area contributed by atoms with Crippen molar-refractivity contribution in [1.82, 2.24) is 0 Å². The Morgan fingerprint density at radius 2 is 1.58 bits per heavy atom. The Labute approximate surface area is 191 Å². The third-order valence-electron chi connectivity index (χ3n) is 4.95. The Kier molecular flexibility index (Phi) is 6.59. The SMILES string of the molecule is COc1cc(OC)cc(C2=NC(=Cc3ccc(OC)c(OCc4ccccc4)c3)C(=O)O2)c1. The van der Waals surface area contributed by atoms with E-state index in [1.165, 1.54) is 0 Å². The highest BCUT2D eigenvalue weighted by Gasteiger charge is 2.25. The van der Waals surface area contributed by atoms with E-state index in [-0.39, 0.29) is 11.6 Å². The van der Waals surface area contributed by atoms with Crippen molar-refractivity contribution in [2.45, 2.75) is 6.61 Å². The summed E-state index contributed by atoms with van der Waals surface area (Å²) in [5, 5.41) is 0. The van der Waals surface area contributed by atoms with Crippen LogP contribution in [-0.4, -0.2) is 33.2 Å². The third kappa shape index (κ3) is 5.15. The van der Waals surface area contributed by atoms with Crippen molar-refractivity contribution >= 4 is 17.9 Å². The number of esters is 1. The molecule has 3 aromatic carbocycles. The first kappa shape index (κ1) is 22.0. The highest BCUT2D eigenvalue weighted by molar-refractivity contribution is 6.13. The van der Waals surface area contributed by atoms with Crippen molar-refractivity contribution in [3.8, 4) is 23.0 Å². The molecular formula is C26H23NO6. The van der Waals surface area contributed by atoms with Gasteiger partial charge in [-0.25, -0.2) is 9.79 Å². The molecule has 1 aliphatic heterocycles. The van der Waals surface area contributed by atoms with Gasteiger partial charge in [-0.15, -0.1) is 0 Å². The van der Waals surface area contributed by atoms with Gasteiger partial charge >= 0.3 is 5.97 Å². The fourth-order valence-electron chi connectivity index (χ4n) is 3.25. The Morgan fingerprint density at radius 1 is 0.848 bits per heavy atom. The van der Waals surface area contributed by atoms with Gasteiger partial charge in [-0.1, -0.05) is 36.4 Å². The second-order valence-electron chi connectivity index (χ2n) is 7.12. The number of hydrogen-bond donors (Lipinski definition) is 0.